The quantitative estimate of drug-likeness (QED) is 0.125. The molecule has 0 N–H and O–H groups in total. The predicted octanol–water partition coefficient (Wildman–Crippen LogP) is 7.38. The van der Waals surface area contributed by atoms with Gasteiger partial charge in [-0.1, -0.05) is 60.3 Å². The molecule has 0 saturated carbocycles. The summed E-state index contributed by atoms with van der Waals surface area (Å²) in [6.45, 7) is 2.43. The Morgan fingerprint density at radius 1 is 0.884 bits per heavy atom. The number of thioether (sulfide) groups is 1. The zero-order chi connectivity index (χ0) is 30.3. The van der Waals surface area contributed by atoms with Crippen molar-refractivity contribution in [3.63, 3.8) is 0 Å². The molecule has 10 heteroatoms. The van der Waals surface area contributed by atoms with Gasteiger partial charge < -0.3 is 9.47 Å². The Morgan fingerprint density at radius 2 is 1.53 bits per heavy atom. The number of hydrogen-bond acceptors (Lipinski definition) is 4. The van der Waals surface area contributed by atoms with E-state index in [1.807, 2.05) is 40.7 Å². The molecule has 1 fully saturated rings. The van der Waals surface area contributed by atoms with E-state index < -0.39 is 17.8 Å². The van der Waals surface area contributed by atoms with Crippen LogP contribution in [0.5, 0.6) is 0 Å². The average molecular weight is 608 g/mol. The van der Waals surface area contributed by atoms with Crippen LogP contribution in [0.1, 0.15) is 59.8 Å². The molecule has 0 spiro atoms. The lowest BCUT2D eigenvalue weighted by Gasteiger charge is -2.24. The van der Waals surface area contributed by atoms with Crippen molar-refractivity contribution in [3.05, 3.63) is 117 Å². The molecule has 2 atom stereocenters. The Kier molecular flexibility index (Phi) is 7.89. The summed E-state index contributed by atoms with van der Waals surface area (Å²) in [5.41, 5.74) is 3.86. The Bertz CT molecular complexity index is 1700. The van der Waals surface area contributed by atoms with Gasteiger partial charge in [0.2, 0.25) is 5.91 Å². The number of halogens is 4. The molecule has 0 radical (unpaired) electrons. The van der Waals surface area contributed by atoms with E-state index in [-0.39, 0.29) is 23.3 Å². The second-order valence-electron chi connectivity index (χ2n) is 10.9. The minimum absolute atomic E-state index is 0.0394. The molecule has 5 nitrogen and oxygen atoms in total. The van der Waals surface area contributed by atoms with Gasteiger partial charge in [0.1, 0.15) is 11.9 Å². The van der Waals surface area contributed by atoms with E-state index in [0.29, 0.717) is 47.8 Å². The third-order valence-electron chi connectivity index (χ3n) is 8.31. The SMILES string of the molecule is CCN1C(=O)C(n2c(SCc3ccc(F)cc3)nc(=O)c3c2CCC3)CC1c1ccc(-c2ccc(C(F)(F)F)cc2)cc1. The van der Waals surface area contributed by atoms with Crippen LogP contribution in [-0.4, -0.2) is 26.9 Å². The number of amides is 1. The van der Waals surface area contributed by atoms with Crippen molar-refractivity contribution in [2.45, 2.75) is 61.8 Å². The highest BCUT2D eigenvalue weighted by molar-refractivity contribution is 7.98. The van der Waals surface area contributed by atoms with Crippen LogP contribution in [0.2, 0.25) is 0 Å². The number of rotatable bonds is 7. The highest BCUT2D eigenvalue weighted by atomic mass is 32.2. The van der Waals surface area contributed by atoms with Crippen molar-refractivity contribution in [2.75, 3.05) is 6.54 Å². The summed E-state index contributed by atoms with van der Waals surface area (Å²) in [5, 5.41) is 0.489. The van der Waals surface area contributed by atoms with Crippen molar-refractivity contribution < 1.29 is 22.4 Å². The molecule has 4 aromatic rings. The second kappa shape index (κ2) is 11.6. The predicted molar refractivity (Wildman–Crippen MR) is 157 cm³/mol. The molecule has 1 aliphatic carbocycles. The van der Waals surface area contributed by atoms with Gasteiger partial charge in [0.05, 0.1) is 11.6 Å². The normalized spacial score (nSPS) is 18.3. The van der Waals surface area contributed by atoms with Crippen LogP contribution >= 0.6 is 11.8 Å². The van der Waals surface area contributed by atoms with Gasteiger partial charge >= 0.3 is 6.18 Å². The number of alkyl halides is 3. The molecular formula is C33H29F4N3O2S. The highest BCUT2D eigenvalue weighted by Gasteiger charge is 2.42. The lowest BCUT2D eigenvalue weighted by molar-refractivity contribution is -0.137. The number of likely N-dealkylation sites (N-methyl/N-ethyl adjacent to an activating group) is 1. The molecule has 2 unspecified atom stereocenters. The summed E-state index contributed by atoms with van der Waals surface area (Å²) < 4.78 is 54.4. The van der Waals surface area contributed by atoms with E-state index in [1.54, 1.807) is 12.1 Å². The monoisotopic (exact) mass is 607 g/mol. The number of fused-ring (bicyclic) bond motifs is 1. The number of carbonyl (C=O) groups excluding carboxylic acids is 1. The number of likely N-dealkylation sites (tertiary alicyclic amines) is 1. The van der Waals surface area contributed by atoms with Crippen molar-refractivity contribution in [1.82, 2.24) is 14.5 Å². The third-order valence-corrected chi connectivity index (χ3v) is 9.33. The zero-order valence-corrected chi connectivity index (χ0v) is 24.2. The maximum absolute atomic E-state index is 13.9. The van der Waals surface area contributed by atoms with Crippen LogP contribution in [0, 0.1) is 5.82 Å². The van der Waals surface area contributed by atoms with Gasteiger partial charge in [0.15, 0.2) is 5.16 Å². The van der Waals surface area contributed by atoms with E-state index in [9.17, 15) is 27.2 Å². The van der Waals surface area contributed by atoms with E-state index in [0.717, 1.165) is 40.9 Å². The number of hydrogen-bond donors (Lipinski definition) is 0. The minimum atomic E-state index is -4.39. The Hall–Kier alpha value is -3.92. The first-order valence-electron chi connectivity index (χ1n) is 14.2. The molecule has 1 amide bonds. The molecule has 2 aliphatic rings. The lowest BCUT2D eigenvalue weighted by Crippen LogP contribution is -2.32. The van der Waals surface area contributed by atoms with Crippen LogP contribution in [-0.2, 0) is 29.6 Å². The van der Waals surface area contributed by atoms with Crippen LogP contribution in [0.4, 0.5) is 17.6 Å². The molecule has 1 aromatic heterocycles. The van der Waals surface area contributed by atoms with Gasteiger partial charge in [-0.15, -0.1) is 0 Å². The molecule has 43 heavy (non-hydrogen) atoms. The van der Waals surface area contributed by atoms with Crippen LogP contribution in [0.15, 0.2) is 82.7 Å². The summed E-state index contributed by atoms with van der Waals surface area (Å²) in [5.74, 6) is 0.108. The van der Waals surface area contributed by atoms with Crippen molar-refractivity contribution in [3.8, 4) is 11.1 Å². The van der Waals surface area contributed by atoms with E-state index >= 15 is 0 Å². The number of aromatic nitrogens is 2. The smallest absolute Gasteiger partial charge is 0.334 e. The first-order valence-corrected chi connectivity index (χ1v) is 15.2. The van der Waals surface area contributed by atoms with Gasteiger partial charge in [-0.2, -0.15) is 18.2 Å². The van der Waals surface area contributed by atoms with Crippen molar-refractivity contribution in [2.24, 2.45) is 0 Å². The van der Waals surface area contributed by atoms with Crippen LogP contribution < -0.4 is 5.56 Å². The topological polar surface area (TPSA) is 55.2 Å². The summed E-state index contributed by atoms with van der Waals surface area (Å²) in [4.78, 5) is 33.1. The van der Waals surface area contributed by atoms with E-state index in [4.69, 9.17) is 0 Å². The highest BCUT2D eigenvalue weighted by Crippen LogP contribution is 2.42. The first kappa shape index (κ1) is 29.2. The van der Waals surface area contributed by atoms with Crippen molar-refractivity contribution in [1.29, 1.82) is 0 Å². The van der Waals surface area contributed by atoms with Gasteiger partial charge in [-0.25, -0.2) is 4.39 Å². The summed E-state index contributed by atoms with van der Waals surface area (Å²) in [6.07, 6.45) is -1.74. The Balaban J connectivity index is 1.30. The first-order chi connectivity index (χ1) is 20.6. The second-order valence-corrected chi connectivity index (χ2v) is 11.8. The van der Waals surface area contributed by atoms with E-state index in [1.165, 1.54) is 36.0 Å². The van der Waals surface area contributed by atoms with Gasteiger partial charge in [0, 0.05) is 30.0 Å². The molecule has 2 heterocycles. The fourth-order valence-corrected chi connectivity index (χ4v) is 7.15. The maximum atomic E-state index is 13.9. The molecule has 1 aliphatic heterocycles. The maximum Gasteiger partial charge on any atom is 0.416 e. The number of carbonyl (C=O) groups is 1. The zero-order valence-electron chi connectivity index (χ0n) is 23.4. The largest absolute Gasteiger partial charge is 0.416 e. The third kappa shape index (κ3) is 5.72. The Labute approximate surface area is 250 Å². The number of nitrogens with zero attached hydrogens (tertiary/aromatic N) is 3. The number of benzene rings is 3. The molecule has 6 rings (SSSR count). The summed E-state index contributed by atoms with van der Waals surface area (Å²) >= 11 is 1.37. The fourth-order valence-electron chi connectivity index (χ4n) is 6.14. The van der Waals surface area contributed by atoms with Crippen LogP contribution in [0.3, 0.4) is 0 Å². The van der Waals surface area contributed by atoms with E-state index in [2.05, 4.69) is 4.98 Å². The average Bonchev–Trinajstić information content (AvgIpc) is 3.62. The molecule has 222 valence electrons. The molecule has 0 bridgehead atoms. The molecular weight excluding hydrogens is 578 g/mol. The van der Waals surface area contributed by atoms with Crippen molar-refractivity contribution >= 4 is 17.7 Å². The lowest BCUT2D eigenvalue weighted by atomic mass is 9.98. The molecule has 1 saturated heterocycles. The summed E-state index contributed by atoms with van der Waals surface area (Å²) in [7, 11) is 0. The van der Waals surface area contributed by atoms with Gasteiger partial charge in [-0.3, -0.25) is 9.59 Å². The summed E-state index contributed by atoms with van der Waals surface area (Å²) in [6, 6.07) is 18.1. The Morgan fingerprint density at radius 3 is 2.16 bits per heavy atom. The molecule has 3 aromatic carbocycles. The standard InChI is InChI=1S/C33H29F4N3O2S/c1-2-39-28(23-10-8-21(9-11-23)22-12-14-24(15-13-22)33(35,36)37)18-29(31(39)42)40-27-5-3-4-26(27)30(41)38-32(40)43-19-20-6-16-25(34)17-7-20/h6-17,28-29H,2-5,18-19H2,1H3. The van der Waals surface area contributed by atoms with Crippen LogP contribution in [0.25, 0.3) is 11.1 Å². The van der Waals surface area contributed by atoms with Gasteiger partial charge in [0.25, 0.3) is 5.56 Å². The minimum Gasteiger partial charge on any atom is -0.334 e. The fraction of sp³-hybridized carbons (Fsp3) is 0.303. The van der Waals surface area contributed by atoms with Gasteiger partial charge in [-0.05, 0) is 72.7 Å².